The smallest absolute Gasteiger partial charge is 0.348 e. The van der Waals surface area contributed by atoms with Crippen molar-refractivity contribution in [1.82, 2.24) is 0 Å². The van der Waals surface area contributed by atoms with E-state index < -0.39 is 0 Å². The first-order chi connectivity index (χ1) is 7.26. The summed E-state index contributed by atoms with van der Waals surface area (Å²) in [5.74, 6) is 0.470. The molecule has 15 heavy (non-hydrogen) atoms. The van der Waals surface area contributed by atoms with E-state index in [4.69, 9.17) is 4.74 Å². The number of thiophene rings is 1. The predicted octanol–water partition coefficient (Wildman–Crippen LogP) is 2.70. The normalized spacial score (nSPS) is 10.3. The monoisotopic (exact) mass is 222 g/mol. The Morgan fingerprint density at radius 2 is 2.13 bits per heavy atom. The molecule has 3 nitrogen and oxygen atoms in total. The third-order valence-corrected chi connectivity index (χ3v) is 3.21. The van der Waals surface area contributed by atoms with E-state index in [2.05, 4.69) is 4.74 Å². The number of hydrogen-bond donors (Lipinski definition) is 0. The molecule has 0 N–H and O–H groups in total. The van der Waals surface area contributed by atoms with Gasteiger partial charge >= 0.3 is 5.97 Å². The fraction of sp³-hybridized carbons (Fsp3) is 0.182. The maximum Gasteiger partial charge on any atom is 0.348 e. The molecule has 0 spiro atoms. The van der Waals surface area contributed by atoms with Crippen molar-refractivity contribution in [3.05, 3.63) is 29.1 Å². The quantitative estimate of drug-likeness (QED) is 0.733. The lowest BCUT2D eigenvalue weighted by atomic mass is 10.2. The molecule has 4 heteroatoms. The van der Waals surface area contributed by atoms with Crippen LogP contribution in [0.4, 0.5) is 0 Å². The van der Waals surface area contributed by atoms with E-state index >= 15 is 0 Å². The number of methoxy groups -OCH3 is 2. The number of benzene rings is 1. The van der Waals surface area contributed by atoms with Gasteiger partial charge < -0.3 is 9.47 Å². The number of ether oxygens (including phenoxy) is 2. The van der Waals surface area contributed by atoms with E-state index in [1.54, 1.807) is 13.2 Å². The van der Waals surface area contributed by atoms with Crippen LogP contribution in [0.25, 0.3) is 10.1 Å². The van der Waals surface area contributed by atoms with Crippen LogP contribution in [-0.4, -0.2) is 20.2 Å². The lowest BCUT2D eigenvalue weighted by Crippen LogP contribution is -1.96. The molecule has 0 amide bonds. The Labute approximate surface area is 91.2 Å². The van der Waals surface area contributed by atoms with Gasteiger partial charge in [-0.1, -0.05) is 6.07 Å². The molecule has 2 aromatic rings. The van der Waals surface area contributed by atoms with Crippen LogP contribution in [0.2, 0.25) is 0 Å². The van der Waals surface area contributed by atoms with Crippen LogP contribution in [0.15, 0.2) is 24.3 Å². The summed E-state index contributed by atoms with van der Waals surface area (Å²) < 4.78 is 10.9. The van der Waals surface area contributed by atoms with Gasteiger partial charge in [-0.25, -0.2) is 4.79 Å². The SMILES string of the molecule is COC(=O)c1cc2c(OC)cccc2s1. The van der Waals surface area contributed by atoms with E-state index in [9.17, 15) is 4.79 Å². The highest BCUT2D eigenvalue weighted by Gasteiger charge is 2.12. The molecule has 0 aliphatic heterocycles. The zero-order chi connectivity index (χ0) is 10.8. The molecule has 0 bridgehead atoms. The summed E-state index contributed by atoms with van der Waals surface area (Å²) in [6.45, 7) is 0. The van der Waals surface area contributed by atoms with Crippen molar-refractivity contribution in [3.63, 3.8) is 0 Å². The molecule has 78 valence electrons. The lowest BCUT2D eigenvalue weighted by Gasteiger charge is -1.99. The molecule has 0 atom stereocenters. The van der Waals surface area contributed by atoms with E-state index in [1.165, 1.54) is 18.4 Å². The van der Waals surface area contributed by atoms with Crippen LogP contribution in [0.5, 0.6) is 5.75 Å². The van der Waals surface area contributed by atoms with Gasteiger partial charge in [-0.05, 0) is 18.2 Å². The van der Waals surface area contributed by atoms with E-state index in [-0.39, 0.29) is 5.97 Å². The van der Waals surface area contributed by atoms with Gasteiger partial charge in [0.25, 0.3) is 0 Å². The third-order valence-electron chi connectivity index (χ3n) is 2.13. The van der Waals surface area contributed by atoms with Gasteiger partial charge in [0.1, 0.15) is 10.6 Å². The second kappa shape index (κ2) is 3.90. The Kier molecular flexibility index (Phi) is 2.60. The van der Waals surface area contributed by atoms with Gasteiger partial charge in [-0.3, -0.25) is 0 Å². The molecule has 0 saturated carbocycles. The van der Waals surface area contributed by atoms with Crippen molar-refractivity contribution in [2.75, 3.05) is 14.2 Å². The molecule has 0 fully saturated rings. The lowest BCUT2D eigenvalue weighted by molar-refractivity contribution is 0.0606. The van der Waals surface area contributed by atoms with Crippen molar-refractivity contribution in [2.45, 2.75) is 0 Å². The summed E-state index contributed by atoms with van der Waals surface area (Å²) in [5, 5.41) is 0.949. The highest BCUT2D eigenvalue weighted by molar-refractivity contribution is 7.20. The van der Waals surface area contributed by atoms with Gasteiger partial charge in [0.2, 0.25) is 0 Å². The predicted molar refractivity (Wildman–Crippen MR) is 59.7 cm³/mol. The van der Waals surface area contributed by atoms with Crippen molar-refractivity contribution in [1.29, 1.82) is 0 Å². The maximum atomic E-state index is 11.3. The van der Waals surface area contributed by atoms with Gasteiger partial charge in [-0.2, -0.15) is 0 Å². The Balaban J connectivity index is 2.60. The molecule has 0 saturated heterocycles. The Hall–Kier alpha value is -1.55. The second-order valence-electron chi connectivity index (χ2n) is 2.97. The zero-order valence-corrected chi connectivity index (χ0v) is 9.26. The average Bonchev–Trinajstić information content (AvgIpc) is 2.71. The summed E-state index contributed by atoms with van der Waals surface area (Å²) in [4.78, 5) is 11.9. The van der Waals surface area contributed by atoms with Crippen LogP contribution in [0, 0.1) is 0 Å². The number of fused-ring (bicyclic) bond motifs is 1. The molecule has 2 rings (SSSR count). The minimum Gasteiger partial charge on any atom is -0.496 e. The molecule has 0 radical (unpaired) electrons. The molecular formula is C11H10O3S. The maximum absolute atomic E-state index is 11.3. The van der Waals surface area contributed by atoms with Gasteiger partial charge in [0, 0.05) is 10.1 Å². The Bertz CT molecular complexity index is 502. The topological polar surface area (TPSA) is 35.5 Å². The van der Waals surface area contributed by atoms with Gasteiger partial charge in [0.15, 0.2) is 0 Å². The van der Waals surface area contributed by atoms with Crippen LogP contribution in [-0.2, 0) is 4.74 Å². The fourth-order valence-electron chi connectivity index (χ4n) is 1.41. The van der Waals surface area contributed by atoms with Crippen LogP contribution < -0.4 is 4.74 Å². The molecule has 0 aliphatic rings. The van der Waals surface area contributed by atoms with Crippen LogP contribution >= 0.6 is 11.3 Å². The van der Waals surface area contributed by atoms with Crippen molar-refractivity contribution in [2.24, 2.45) is 0 Å². The first-order valence-electron chi connectivity index (χ1n) is 4.41. The molecular weight excluding hydrogens is 212 g/mol. The summed E-state index contributed by atoms with van der Waals surface area (Å²) in [6.07, 6.45) is 0. The molecule has 1 heterocycles. The van der Waals surface area contributed by atoms with Crippen LogP contribution in [0.3, 0.4) is 0 Å². The summed E-state index contributed by atoms with van der Waals surface area (Å²) in [5.41, 5.74) is 0. The fourth-order valence-corrected chi connectivity index (χ4v) is 2.41. The molecule has 1 aromatic carbocycles. The Morgan fingerprint density at radius 3 is 2.80 bits per heavy atom. The van der Waals surface area contributed by atoms with Gasteiger partial charge in [0.05, 0.1) is 14.2 Å². The number of carbonyl (C=O) groups is 1. The summed E-state index contributed by atoms with van der Waals surface area (Å²) in [7, 11) is 2.99. The van der Waals surface area contributed by atoms with E-state index in [0.29, 0.717) is 4.88 Å². The summed E-state index contributed by atoms with van der Waals surface area (Å²) >= 11 is 1.40. The standard InChI is InChI=1S/C11H10O3S/c1-13-8-4-3-5-9-7(8)6-10(15-9)11(12)14-2/h3-6H,1-2H3. The molecule has 1 aromatic heterocycles. The van der Waals surface area contributed by atoms with E-state index in [0.717, 1.165) is 15.8 Å². The first-order valence-corrected chi connectivity index (χ1v) is 5.22. The number of rotatable bonds is 2. The molecule has 0 unspecified atom stereocenters. The van der Waals surface area contributed by atoms with E-state index in [1.807, 2.05) is 18.2 Å². The number of esters is 1. The average molecular weight is 222 g/mol. The first kappa shape index (κ1) is 9.98. The minimum atomic E-state index is -0.307. The van der Waals surface area contributed by atoms with Crippen molar-refractivity contribution in [3.8, 4) is 5.75 Å². The van der Waals surface area contributed by atoms with Crippen molar-refractivity contribution < 1.29 is 14.3 Å². The third kappa shape index (κ3) is 1.68. The summed E-state index contributed by atoms with van der Waals surface area (Å²) in [6, 6.07) is 7.52. The second-order valence-corrected chi connectivity index (χ2v) is 4.06. The van der Waals surface area contributed by atoms with Crippen LogP contribution in [0.1, 0.15) is 9.67 Å². The largest absolute Gasteiger partial charge is 0.496 e. The van der Waals surface area contributed by atoms with Gasteiger partial charge in [-0.15, -0.1) is 11.3 Å². The number of carbonyl (C=O) groups excluding carboxylic acids is 1. The molecule has 0 aliphatic carbocycles. The zero-order valence-electron chi connectivity index (χ0n) is 8.44. The van der Waals surface area contributed by atoms with Crippen molar-refractivity contribution >= 4 is 27.4 Å². The highest BCUT2D eigenvalue weighted by atomic mass is 32.1. The number of hydrogen-bond acceptors (Lipinski definition) is 4. The minimum absolute atomic E-state index is 0.307. The highest BCUT2D eigenvalue weighted by Crippen LogP contribution is 2.32. The Morgan fingerprint density at radius 1 is 1.33 bits per heavy atom.